The highest BCUT2D eigenvalue weighted by Gasteiger charge is 2.12. The van der Waals surface area contributed by atoms with Gasteiger partial charge in [0, 0.05) is 0 Å². The molecule has 17 heavy (non-hydrogen) atoms. The molecule has 0 bridgehead atoms. The van der Waals surface area contributed by atoms with Crippen molar-refractivity contribution in [3.63, 3.8) is 0 Å². The zero-order valence-electron chi connectivity index (χ0n) is 10.2. The first kappa shape index (κ1) is 13.8. The minimum absolute atomic E-state index is 0.346. The number of hydrogen-bond acceptors (Lipinski definition) is 5. The van der Waals surface area contributed by atoms with Crippen molar-refractivity contribution in [2.75, 3.05) is 18.1 Å². The lowest BCUT2D eigenvalue weighted by atomic mass is 10.2. The number of esters is 1. The van der Waals surface area contributed by atoms with Gasteiger partial charge in [0.05, 0.1) is 29.1 Å². The van der Waals surface area contributed by atoms with Gasteiger partial charge in [-0.25, -0.2) is 9.78 Å². The molecule has 1 aromatic heterocycles. The molecule has 0 spiro atoms. The Hall–Kier alpha value is -1.23. The fourth-order valence-electron chi connectivity index (χ4n) is 1.23. The number of aromatic nitrogens is 1. The summed E-state index contributed by atoms with van der Waals surface area (Å²) in [7, 11) is 0. The summed E-state index contributed by atoms with van der Waals surface area (Å²) in [6.45, 7) is 4.26. The summed E-state index contributed by atoms with van der Waals surface area (Å²) in [6, 6.07) is 1.70. The molecule has 0 aliphatic heterocycles. The van der Waals surface area contributed by atoms with Gasteiger partial charge in [-0.05, 0) is 25.2 Å². The average Bonchev–Trinajstić information content (AvgIpc) is 2.32. The summed E-state index contributed by atoms with van der Waals surface area (Å²) < 4.78 is 4.93. The maximum Gasteiger partial charge on any atom is 0.340 e. The molecular formula is C12H18N2O2S. The lowest BCUT2D eigenvalue weighted by Crippen LogP contribution is -2.08. The second kappa shape index (κ2) is 7.17. The van der Waals surface area contributed by atoms with E-state index in [1.165, 1.54) is 6.20 Å². The molecule has 0 radical (unpaired) electrons. The summed E-state index contributed by atoms with van der Waals surface area (Å²) >= 11 is 1.63. The molecule has 4 nitrogen and oxygen atoms in total. The van der Waals surface area contributed by atoms with Crippen LogP contribution in [0.3, 0.4) is 0 Å². The van der Waals surface area contributed by atoms with Crippen molar-refractivity contribution in [3.05, 3.63) is 17.8 Å². The predicted molar refractivity (Wildman–Crippen MR) is 70.2 cm³/mol. The highest BCUT2D eigenvalue weighted by molar-refractivity contribution is 7.99. The fraction of sp³-hybridized carbons (Fsp3) is 0.500. The van der Waals surface area contributed by atoms with Crippen LogP contribution in [0.4, 0.5) is 5.69 Å². The third-order valence-electron chi connectivity index (χ3n) is 2.15. The van der Waals surface area contributed by atoms with Crippen molar-refractivity contribution in [2.45, 2.75) is 31.7 Å². The number of nitrogen functional groups attached to an aromatic ring is 1. The Kier molecular flexibility index (Phi) is 5.83. The Morgan fingerprint density at radius 2 is 2.29 bits per heavy atom. The first-order valence-corrected chi connectivity index (χ1v) is 6.73. The zero-order valence-corrected chi connectivity index (χ0v) is 11.0. The van der Waals surface area contributed by atoms with Gasteiger partial charge in [-0.3, -0.25) is 0 Å². The minimum Gasteiger partial charge on any atom is -0.462 e. The van der Waals surface area contributed by atoms with Gasteiger partial charge in [-0.15, -0.1) is 11.8 Å². The number of nitrogens with zero attached hydrogens (tertiary/aromatic N) is 1. The van der Waals surface area contributed by atoms with Gasteiger partial charge in [0.25, 0.3) is 0 Å². The number of ether oxygens (including phenoxy) is 1. The van der Waals surface area contributed by atoms with Crippen LogP contribution in [-0.4, -0.2) is 23.3 Å². The van der Waals surface area contributed by atoms with Gasteiger partial charge in [0.1, 0.15) is 0 Å². The van der Waals surface area contributed by atoms with Gasteiger partial charge in [-0.2, -0.15) is 0 Å². The summed E-state index contributed by atoms with van der Waals surface area (Å²) in [5, 5.41) is 0.815. The normalized spacial score (nSPS) is 10.2. The van der Waals surface area contributed by atoms with Crippen LogP contribution in [0.2, 0.25) is 0 Å². The second-order valence-electron chi connectivity index (χ2n) is 3.53. The Bertz CT molecular complexity index is 383. The molecule has 1 aromatic rings. The smallest absolute Gasteiger partial charge is 0.340 e. The highest BCUT2D eigenvalue weighted by Crippen LogP contribution is 2.21. The van der Waals surface area contributed by atoms with Gasteiger partial charge in [-0.1, -0.05) is 13.3 Å². The maximum absolute atomic E-state index is 11.6. The molecule has 0 unspecified atom stereocenters. The number of carbonyl (C=O) groups is 1. The molecule has 0 aliphatic carbocycles. The number of hydrogen-bond donors (Lipinski definition) is 1. The molecule has 1 rings (SSSR count). The van der Waals surface area contributed by atoms with Crippen LogP contribution in [0.5, 0.6) is 0 Å². The van der Waals surface area contributed by atoms with Gasteiger partial charge >= 0.3 is 5.97 Å². The van der Waals surface area contributed by atoms with Crippen molar-refractivity contribution >= 4 is 23.4 Å². The molecule has 5 heteroatoms. The summed E-state index contributed by atoms with van der Waals surface area (Å²) in [6.07, 6.45) is 3.79. The quantitative estimate of drug-likeness (QED) is 0.480. The summed E-state index contributed by atoms with van der Waals surface area (Å²) in [4.78, 5) is 15.8. The van der Waals surface area contributed by atoms with Crippen LogP contribution in [0.1, 0.15) is 37.0 Å². The topological polar surface area (TPSA) is 65.2 Å². The van der Waals surface area contributed by atoms with E-state index < -0.39 is 0 Å². The number of anilines is 1. The third-order valence-corrected chi connectivity index (χ3v) is 3.16. The number of carbonyl (C=O) groups excluding carboxylic acids is 1. The van der Waals surface area contributed by atoms with E-state index in [4.69, 9.17) is 10.5 Å². The standard InChI is InChI=1S/C12H18N2O2S/c1-3-5-6-17-11-7-9(10(13)8-14-11)12(15)16-4-2/h7-8H,3-6,13H2,1-2H3. The van der Waals surface area contributed by atoms with Crippen LogP contribution >= 0.6 is 11.8 Å². The van der Waals surface area contributed by atoms with Crippen molar-refractivity contribution in [1.29, 1.82) is 0 Å². The molecule has 0 saturated heterocycles. The van der Waals surface area contributed by atoms with E-state index in [2.05, 4.69) is 11.9 Å². The lowest BCUT2D eigenvalue weighted by Gasteiger charge is -2.06. The summed E-state index contributed by atoms with van der Waals surface area (Å²) in [5.74, 6) is 0.611. The van der Waals surface area contributed by atoms with E-state index in [0.29, 0.717) is 17.9 Å². The van der Waals surface area contributed by atoms with E-state index in [-0.39, 0.29) is 5.97 Å². The minimum atomic E-state index is -0.384. The monoisotopic (exact) mass is 254 g/mol. The molecule has 0 saturated carbocycles. The van der Waals surface area contributed by atoms with Crippen molar-refractivity contribution in [1.82, 2.24) is 4.98 Å². The number of thioether (sulfide) groups is 1. The SMILES string of the molecule is CCCCSc1cc(C(=O)OCC)c(N)cn1. The van der Waals surface area contributed by atoms with Crippen LogP contribution in [0.15, 0.2) is 17.3 Å². The van der Waals surface area contributed by atoms with E-state index in [9.17, 15) is 4.79 Å². The van der Waals surface area contributed by atoms with Crippen molar-refractivity contribution < 1.29 is 9.53 Å². The van der Waals surface area contributed by atoms with E-state index >= 15 is 0 Å². The summed E-state index contributed by atoms with van der Waals surface area (Å²) in [5.41, 5.74) is 6.47. The Labute approximate surface area is 106 Å². The van der Waals surface area contributed by atoms with E-state index in [1.54, 1.807) is 24.8 Å². The first-order valence-electron chi connectivity index (χ1n) is 5.74. The van der Waals surface area contributed by atoms with Gasteiger partial charge in [0.15, 0.2) is 0 Å². The lowest BCUT2D eigenvalue weighted by molar-refractivity contribution is 0.0527. The molecule has 2 N–H and O–H groups in total. The maximum atomic E-state index is 11.6. The van der Waals surface area contributed by atoms with Crippen LogP contribution < -0.4 is 5.73 Å². The van der Waals surface area contributed by atoms with Crippen LogP contribution in [-0.2, 0) is 4.74 Å². The molecular weight excluding hydrogens is 236 g/mol. The predicted octanol–water partition coefficient (Wildman–Crippen LogP) is 2.73. The third kappa shape index (κ3) is 4.26. The molecule has 0 fully saturated rings. The van der Waals surface area contributed by atoms with Gasteiger partial charge in [0.2, 0.25) is 0 Å². The molecule has 0 aliphatic rings. The molecule has 1 heterocycles. The Morgan fingerprint density at radius 3 is 2.94 bits per heavy atom. The average molecular weight is 254 g/mol. The zero-order chi connectivity index (χ0) is 12.7. The molecule has 94 valence electrons. The van der Waals surface area contributed by atoms with E-state index in [1.807, 2.05) is 0 Å². The van der Waals surface area contributed by atoms with Gasteiger partial charge < -0.3 is 10.5 Å². The largest absolute Gasteiger partial charge is 0.462 e. The van der Waals surface area contributed by atoms with Crippen LogP contribution in [0.25, 0.3) is 0 Å². The van der Waals surface area contributed by atoms with Crippen molar-refractivity contribution in [3.8, 4) is 0 Å². The number of rotatable bonds is 6. The number of nitrogens with two attached hydrogens (primary N) is 1. The Balaban J connectivity index is 2.75. The second-order valence-corrected chi connectivity index (χ2v) is 4.65. The Morgan fingerprint density at radius 1 is 1.53 bits per heavy atom. The van der Waals surface area contributed by atoms with Crippen molar-refractivity contribution in [2.24, 2.45) is 0 Å². The molecule has 0 atom stereocenters. The number of unbranched alkanes of at least 4 members (excludes halogenated alkanes) is 1. The van der Waals surface area contributed by atoms with Crippen LogP contribution in [0, 0.1) is 0 Å². The van der Waals surface area contributed by atoms with E-state index in [0.717, 1.165) is 23.6 Å². The number of pyridine rings is 1. The molecule has 0 aromatic carbocycles. The highest BCUT2D eigenvalue weighted by atomic mass is 32.2. The molecule has 0 amide bonds. The first-order chi connectivity index (χ1) is 8.19. The fourth-order valence-corrected chi connectivity index (χ4v) is 2.20.